The topological polar surface area (TPSA) is 55.9 Å². The summed E-state index contributed by atoms with van der Waals surface area (Å²) in [6, 6.07) is 66.1. The number of phenols is 1. The van der Waals surface area contributed by atoms with Crippen LogP contribution in [0, 0.1) is 0 Å². The first-order chi connectivity index (χ1) is 34.4. The second-order valence-corrected chi connectivity index (χ2v) is 21.5. The Balaban J connectivity index is 1.09. The molecule has 11 aromatic rings. The summed E-state index contributed by atoms with van der Waals surface area (Å²) in [7, 11) is 0. The average Bonchev–Trinajstić information content (AvgIpc) is 3.94. The maximum absolute atomic E-state index is 13.3. The second kappa shape index (κ2) is 16.0. The highest BCUT2D eigenvalue weighted by atomic mass is 16.3. The SMILES string of the molecule is CC(C)c1cccc(C(C)C)c1-n1c(-c2cc(C(C)(C)C)cc(-c3cc(-n4c5ccccc5c5ccccc54)cc(-c4ccc5c(c4)C4c6ccccc6C5c5ccccc54)n3)c2O)nc2ccccc21. The van der Waals surface area contributed by atoms with Crippen molar-refractivity contribution in [2.75, 3.05) is 0 Å². The molecule has 14 rings (SSSR count). The molecule has 5 nitrogen and oxygen atoms in total. The van der Waals surface area contributed by atoms with Crippen molar-refractivity contribution < 1.29 is 5.11 Å². The van der Waals surface area contributed by atoms with E-state index in [1.165, 1.54) is 55.3 Å². The number of nitrogens with zero attached hydrogens (tertiary/aromatic N) is 4. The number of benzene rings is 8. The van der Waals surface area contributed by atoms with Gasteiger partial charge in [-0.15, -0.1) is 0 Å². The standard InChI is InChI=1S/C66H56N4O/c1-38(2)43-25-18-26-44(39(3)4)63(43)70-60-30-17-14-27-55(60)68-65(70)54-35-41(66(5,6)7)34-53(64(54)71)57-37-42(69-58-28-15-12-19-45(58)46-20-13-16-29-59(46)69)36-56(67-57)40-31-32-51-52(33-40)62-49-23-10-8-21-47(49)61(51)48-22-9-11-24-50(48)62/h8-39,61-62,71H,1-7H3. The van der Waals surface area contributed by atoms with Crippen LogP contribution in [0.4, 0.5) is 0 Å². The summed E-state index contributed by atoms with van der Waals surface area (Å²) in [5.74, 6) is 1.64. The van der Waals surface area contributed by atoms with Gasteiger partial charge in [-0.3, -0.25) is 4.57 Å². The van der Waals surface area contributed by atoms with Crippen molar-refractivity contribution in [3.8, 4) is 51.0 Å². The summed E-state index contributed by atoms with van der Waals surface area (Å²) in [6.45, 7) is 15.8. The Labute approximate surface area is 415 Å². The molecule has 0 spiro atoms. The van der Waals surface area contributed by atoms with Crippen LogP contribution in [0.1, 0.15) is 122 Å². The lowest BCUT2D eigenvalue weighted by molar-refractivity contribution is 0.477. The molecule has 0 radical (unpaired) electrons. The molecule has 0 saturated carbocycles. The van der Waals surface area contributed by atoms with Gasteiger partial charge < -0.3 is 9.67 Å². The van der Waals surface area contributed by atoms with E-state index in [1.807, 2.05) is 6.07 Å². The van der Waals surface area contributed by atoms with E-state index in [0.29, 0.717) is 22.6 Å². The Hall–Kier alpha value is -8.02. The van der Waals surface area contributed by atoms with Gasteiger partial charge in [0, 0.05) is 33.7 Å². The number of imidazole rings is 1. The van der Waals surface area contributed by atoms with Gasteiger partial charge in [-0.2, -0.15) is 0 Å². The first-order valence-corrected chi connectivity index (χ1v) is 25.3. The maximum atomic E-state index is 13.3. The van der Waals surface area contributed by atoms with E-state index in [9.17, 15) is 5.11 Å². The molecule has 3 heterocycles. The van der Waals surface area contributed by atoms with Crippen LogP contribution in [0.3, 0.4) is 0 Å². The van der Waals surface area contributed by atoms with E-state index < -0.39 is 0 Å². The van der Waals surface area contributed by atoms with Gasteiger partial charge in [-0.05, 0) is 122 Å². The molecule has 3 aliphatic rings. The number of rotatable bonds is 7. The van der Waals surface area contributed by atoms with Crippen LogP contribution in [0.2, 0.25) is 0 Å². The minimum Gasteiger partial charge on any atom is -0.506 e. The summed E-state index contributed by atoms with van der Waals surface area (Å²) in [4.78, 5) is 11.1. The third-order valence-electron chi connectivity index (χ3n) is 15.5. The van der Waals surface area contributed by atoms with Gasteiger partial charge in [0.2, 0.25) is 0 Å². The fraction of sp³-hybridized carbons (Fsp3) is 0.182. The number of hydrogen-bond acceptors (Lipinski definition) is 3. The van der Waals surface area contributed by atoms with E-state index in [1.54, 1.807) is 0 Å². The Morgan fingerprint density at radius 2 is 0.972 bits per heavy atom. The molecule has 0 aliphatic heterocycles. The molecular formula is C66H56N4O. The molecule has 346 valence electrons. The van der Waals surface area contributed by atoms with Crippen LogP contribution in [0.15, 0.2) is 182 Å². The predicted molar refractivity (Wildman–Crippen MR) is 293 cm³/mol. The summed E-state index contributed by atoms with van der Waals surface area (Å²) in [5.41, 5.74) is 21.6. The molecular weight excluding hydrogens is 865 g/mol. The summed E-state index contributed by atoms with van der Waals surface area (Å²) in [6.07, 6.45) is 0. The lowest BCUT2D eigenvalue weighted by Gasteiger charge is -2.42. The zero-order chi connectivity index (χ0) is 48.4. The van der Waals surface area contributed by atoms with Gasteiger partial charge in [0.25, 0.3) is 0 Å². The average molecular weight is 921 g/mol. The number of aromatic hydroxyl groups is 1. The van der Waals surface area contributed by atoms with Crippen molar-refractivity contribution in [2.24, 2.45) is 0 Å². The zero-order valence-corrected chi connectivity index (χ0v) is 41.4. The van der Waals surface area contributed by atoms with Crippen LogP contribution in [-0.2, 0) is 5.41 Å². The number of aromatic nitrogens is 4. The van der Waals surface area contributed by atoms with E-state index >= 15 is 0 Å². The van der Waals surface area contributed by atoms with Crippen LogP contribution >= 0.6 is 0 Å². The zero-order valence-electron chi connectivity index (χ0n) is 41.4. The lowest BCUT2D eigenvalue weighted by Crippen LogP contribution is -2.27. The number of hydrogen-bond donors (Lipinski definition) is 1. The normalized spacial score (nSPS) is 15.0. The first-order valence-electron chi connectivity index (χ1n) is 25.3. The van der Waals surface area contributed by atoms with E-state index in [2.05, 4.69) is 234 Å². The highest BCUT2D eigenvalue weighted by Gasteiger charge is 2.41. The third-order valence-corrected chi connectivity index (χ3v) is 15.5. The number of fused-ring (bicyclic) bond motifs is 4. The Bertz CT molecular complexity index is 3840. The molecule has 1 N–H and O–H groups in total. The number of para-hydroxylation sites is 5. The highest BCUT2D eigenvalue weighted by molar-refractivity contribution is 6.09. The van der Waals surface area contributed by atoms with Gasteiger partial charge in [0.05, 0.1) is 50.4 Å². The van der Waals surface area contributed by atoms with E-state index in [4.69, 9.17) is 9.97 Å². The predicted octanol–water partition coefficient (Wildman–Crippen LogP) is 16.8. The van der Waals surface area contributed by atoms with Crippen molar-refractivity contribution in [1.29, 1.82) is 0 Å². The van der Waals surface area contributed by atoms with E-state index in [0.717, 1.165) is 50.3 Å². The minimum atomic E-state index is -0.287. The molecule has 0 amide bonds. The monoisotopic (exact) mass is 920 g/mol. The van der Waals surface area contributed by atoms with Crippen molar-refractivity contribution in [3.05, 3.63) is 232 Å². The molecule has 0 unspecified atom stereocenters. The van der Waals surface area contributed by atoms with Crippen molar-refractivity contribution in [1.82, 2.24) is 19.1 Å². The van der Waals surface area contributed by atoms with Crippen LogP contribution < -0.4 is 0 Å². The summed E-state index contributed by atoms with van der Waals surface area (Å²) < 4.78 is 4.68. The Kier molecular flexibility index (Phi) is 9.70. The van der Waals surface area contributed by atoms with Gasteiger partial charge in [-0.25, -0.2) is 9.97 Å². The Morgan fingerprint density at radius 1 is 0.465 bits per heavy atom. The summed E-state index contributed by atoms with van der Waals surface area (Å²) >= 11 is 0. The molecule has 3 aromatic heterocycles. The molecule has 2 bridgehead atoms. The van der Waals surface area contributed by atoms with Gasteiger partial charge in [0.15, 0.2) is 0 Å². The molecule has 8 aromatic carbocycles. The quantitative estimate of drug-likeness (QED) is 0.173. The van der Waals surface area contributed by atoms with Crippen LogP contribution in [0.25, 0.3) is 78.1 Å². The van der Waals surface area contributed by atoms with Gasteiger partial charge >= 0.3 is 0 Å². The number of pyridine rings is 1. The molecule has 0 atom stereocenters. The fourth-order valence-electron chi connectivity index (χ4n) is 12.1. The molecule has 3 aliphatic carbocycles. The van der Waals surface area contributed by atoms with Crippen molar-refractivity contribution in [2.45, 2.75) is 77.6 Å². The maximum Gasteiger partial charge on any atom is 0.149 e. The smallest absolute Gasteiger partial charge is 0.149 e. The molecule has 0 saturated heterocycles. The Morgan fingerprint density at radius 3 is 1.56 bits per heavy atom. The highest BCUT2D eigenvalue weighted by Crippen LogP contribution is 2.56. The van der Waals surface area contributed by atoms with Crippen LogP contribution in [0.5, 0.6) is 5.75 Å². The van der Waals surface area contributed by atoms with Crippen molar-refractivity contribution in [3.63, 3.8) is 0 Å². The van der Waals surface area contributed by atoms with Gasteiger partial charge in [-0.1, -0.05) is 176 Å². The number of phenolic OH excluding ortho intramolecular Hbond substituents is 1. The van der Waals surface area contributed by atoms with Crippen LogP contribution in [-0.4, -0.2) is 24.2 Å². The molecule has 5 heteroatoms. The minimum absolute atomic E-state index is 0.119. The molecule has 0 fully saturated rings. The van der Waals surface area contributed by atoms with Gasteiger partial charge in [0.1, 0.15) is 11.6 Å². The first kappa shape index (κ1) is 43.0. The fourth-order valence-corrected chi connectivity index (χ4v) is 12.1. The van der Waals surface area contributed by atoms with E-state index in [-0.39, 0.29) is 34.8 Å². The molecule has 71 heavy (non-hydrogen) atoms. The van der Waals surface area contributed by atoms with Crippen molar-refractivity contribution >= 4 is 32.8 Å². The largest absolute Gasteiger partial charge is 0.506 e. The third kappa shape index (κ3) is 6.59. The second-order valence-electron chi connectivity index (χ2n) is 21.5. The lowest BCUT2D eigenvalue weighted by atomic mass is 9.61. The summed E-state index contributed by atoms with van der Waals surface area (Å²) in [5, 5.41) is 15.7.